The Bertz CT molecular complexity index is 2710. The van der Waals surface area contributed by atoms with Crippen LogP contribution in [-0.2, 0) is 10.8 Å². The van der Waals surface area contributed by atoms with Crippen molar-refractivity contribution in [2.75, 3.05) is 0 Å². The van der Waals surface area contributed by atoms with E-state index in [1.807, 2.05) is 0 Å². The van der Waals surface area contributed by atoms with E-state index in [2.05, 4.69) is 146 Å². The number of ether oxygens (including phenoxy) is 1. The molecule has 264 valence electrons. The summed E-state index contributed by atoms with van der Waals surface area (Å²) in [6.45, 7) is 0. The van der Waals surface area contributed by atoms with Gasteiger partial charge in [-0.05, 0) is 125 Å². The van der Waals surface area contributed by atoms with E-state index >= 15 is 0 Å². The number of hydrogen-bond donors (Lipinski definition) is 0. The molecule has 0 radical (unpaired) electrons. The summed E-state index contributed by atoms with van der Waals surface area (Å²) in [5.41, 5.74) is 11.8. The average Bonchev–Trinajstić information content (AvgIpc) is 3.59. The first-order chi connectivity index (χ1) is 27.1. The Kier molecular flexibility index (Phi) is 5.90. The van der Waals surface area contributed by atoms with Crippen molar-refractivity contribution in [2.24, 2.45) is 23.2 Å². The van der Waals surface area contributed by atoms with Crippen molar-refractivity contribution in [3.05, 3.63) is 174 Å². The van der Waals surface area contributed by atoms with Crippen molar-refractivity contribution in [1.29, 1.82) is 0 Å². The van der Waals surface area contributed by atoms with Gasteiger partial charge < -0.3 is 4.74 Å². The third-order valence-electron chi connectivity index (χ3n) is 14.8. The zero-order valence-electron chi connectivity index (χ0n) is 30.6. The van der Waals surface area contributed by atoms with Gasteiger partial charge in [0.25, 0.3) is 0 Å². The van der Waals surface area contributed by atoms with Gasteiger partial charge in [-0.25, -0.2) is 15.0 Å². The molecule has 0 N–H and O–H groups in total. The highest BCUT2D eigenvalue weighted by atomic mass is 16.5. The Labute approximate surface area is 321 Å². The molecule has 1 aliphatic heterocycles. The lowest BCUT2D eigenvalue weighted by Crippen LogP contribution is -2.52. The Morgan fingerprint density at radius 3 is 1.95 bits per heavy atom. The molecule has 14 rings (SSSR count). The van der Waals surface area contributed by atoms with Gasteiger partial charge in [0.1, 0.15) is 17.3 Å². The van der Waals surface area contributed by atoms with Crippen LogP contribution in [0.1, 0.15) is 66.6 Å². The van der Waals surface area contributed by atoms with Crippen molar-refractivity contribution in [3.63, 3.8) is 0 Å². The second kappa shape index (κ2) is 10.7. The van der Waals surface area contributed by atoms with Gasteiger partial charge in [-0.3, -0.25) is 0 Å². The smallest absolute Gasteiger partial charge is 0.163 e. The van der Waals surface area contributed by atoms with Crippen LogP contribution in [-0.4, -0.2) is 15.0 Å². The highest BCUT2D eigenvalue weighted by Crippen LogP contribution is 2.78. The molecule has 1 aromatic heterocycles. The van der Waals surface area contributed by atoms with Crippen LogP contribution in [0.15, 0.2) is 146 Å². The van der Waals surface area contributed by atoms with E-state index in [1.54, 1.807) is 0 Å². The Morgan fingerprint density at radius 1 is 0.491 bits per heavy atom. The molecule has 4 nitrogen and oxygen atoms in total. The van der Waals surface area contributed by atoms with Gasteiger partial charge in [0.15, 0.2) is 11.6 Å². The molecule has 7 aliphatic rings. The van der Waals surface area contributed by atoms with Crippen LogP contribution in [0.5, 0.6) is 11.5 Å². The molecule has 4 heteroatoms. The highest BCUT2D eigenvalue weighted by Gasteiger charge is 2.71. The zero-order chi connectivity index (χ0) is 35.9. The Hall–Kier alpha value is -5.87. The fourth-order valence-corrected chi connectivity index (χ4v) is 13.0. The second-order valence-electron chi connectivity index (χ2n) is 17.5. The van der Waals surface area contributed by atoms with E-state index in [9.17, 15) is 0 Å². The Balaban J connectivity index is 1.04. The van der Waals surface area contributed by atoms with E-state index in [4.69, 9.17) is 19.7 Å². The van der Waals surface area contributed by atoms with Crippen LogP contribution < -0.4 is 4.74 Å². The van der Waals surface area contributed by atoms with Crippen molar-refractivity contribution < 1.29 is 4.74 Å². The lowest BCUT2D eigenvalue weighted by molar-refractivity contribution is -0.104. The molecule has 4 bridgehead atoms. The number of aromatic nitrogens is 3. The summed E-state index contributed by atoms with van der Waals surface area (Å²) in [5.74, 6) is 6.84. The molecular weight excluding hydrogens is 671 g/mol. The zero-order valence-corrected chi connectivity index (χ0v) is 30.6. The standard InChI is InChI=1S/C51H39N3O/c1-2-11-32(12-3-1)33-13-10-14-34(24-33)46-52-47(54-48(53-46)50-27-31-23-36-28-49(26-31,30-50)43(36)29-50)35-21-22-45-42(25-35)51(41-19-8-9-20-44(41)55-45)39-17-6-4-15-37(39)38-16-5-7-18-40(38)51/h1-22,24-25,31,36,43H,23,26-30H2/t31-,36?,43?,49?,50?/m1/s1. The summed E-state index contributed by atoms with van der Waals surface area (Å²) in [7, 11) is 0. The highest BCUT2D eigenvalue weighted by molar-refractivity contribution is 5.89. The van der Waals surface area contributed by atoms with Crippen LogP contribution in [0, 0.1) is 23.2 Å². The SMILES string of the molecule is c1ccc(-c2cccc(-c3nc(-c4ccc5c(c4)C4(c6ccccc6O5)c5ccccc5-c5ccccc54)nc(C45CC6C7C[C@@H](C4)CC6(C7)C5)n3)c2)cc1. The number of para-hydroxylation sites is 1. The molecule has 4 unspecified atom stereocenters. The lowest BCUT2D eigenvalue weighted by atomic mass is 9.44. The number of hydrogen-bond acceptors (Lipinski definition) is 4. The van der Waals surface area contributed by atoms with E-state index in [1.165, 1.54) is 77.5 Å². The van der Waals surface area contributed by atoms with E-state index in [-0.39, 0.29) is 5.41 Å². The van der Waals surface area contributed by atoms with Crippen molar-refractivity contribution in [1.82, 2.24) is 15.0 Å². The van der Waals surface area contributed by atoms with Gasteiger partial charge in [0, 0.05) is 27.7 Å². The summed E-state index contributed by atoms with van der Waals surface area (Å²) >= 11 is 0. The van der Waals surface area contributed by atoms with Crippen LogP contribution >= 0.6 is 0 Å². The van der Waals surface area contributed by atoms with Gasteiger partial charge in [-0.15, -0.1) is 0 Å². The molecule has 0 saturated heterocycles. The molecule has 6 aliphatic carbocycles. The van der Waals surface area contributed by atoms with Crippen molar-refractivity contribution >= 4 is 0 Å². The molecule has 55 heavy (non-hydrogen) atoms. The first-order valence-electron chi connectivity index (χ1n) is 20.1. The Morgan fingerprint density at radius 2 is 1.15 bits per heavy atom. The van der Waals surface area contributed by atoms with Gasteiger partial charge in [0.2, 0.25) is 0 Å². The van der Waals surface area contributed by atoms with Crippen molar-refractivity contribution in [2.45, 2.75) is 49.4 Å². The summed E-state index contributed by atoms with van der Waals surface area (Å²) < 4.78 is 6.78. The van der Waals surface area contributed by atoms with Crippen LogP contribution in [0.2, 0.25) is 0 Å². The van der Waals surface area contributed by atoms with Crippen LogP contribution in [0.3, 0.4) is 0 Å². The van der Waals surface area contributed by atoms with Gasteiger partial charge in [0.05, 0.1) is 5.41 Å². The van der Waals surface area contributed by atoms with Crippen molar-refractivity contribution in [3.8, 4) is 56.5 Å². The quantitative estimate of drug-likeness (QED) is 0.183. The van der Waals surface area contributed by atoms with Crippen LogP contribution in [0.25, 0.3) is 45.0 Å². The number of benzene rings is 6. The number of nitrogens with zero attached hydrogens (tertiary/aromatic N) is 3. The third-order valence-corrected chi connectivity index (χ3v) is 14.8. The molecule has 6 aromatic carbocycles. The van der Waals surface area contributed by atoms with Gasteiger partial charge >= 0.3 is 0 Å². The minimum Gasteiger partial charge on any atom is -0.457 e. The van der Waals surface area contributed by atoms with E-state index in [0.29, 0.717) is 5.41 Å². The molecule has 0 amide bonds. The minimum absolute atomic E-state index is 0.0170. The fourth-order valence-electron chi connectivity index (χ4n) is 13.0. The van der Waals surface area contributed by atoms with E-state index in [0.717, 1.165) is 63.4 Å². The number of fused-ring (bicyclic) bond motifs is 10. The van der Waals surface area contributed by atoms with Gasteiger partial charge in [-0.2, -0.15) is 0 Å². The average molecular weight is 710 g/mol. The first kappa shape index (κ1) is 30.5. The maximum absolute atomic E-state index is 6.78. The lowest BCUT2D eigenvalue weighted by Gasteiger charge is -2.60. The second-order valence-corrected chi connectivity index (χ2v) is 17.5. The van der Waals surface area contributed by atoms with Crippen LogP contribution in [0.4, 0.5) is 0 Å². The molecule has 2 heterocycles. The maximum atomic E-state index is 6.78. The fraction of sp³-hybridized carbons (Fsp3) is 0.235. The molecule has 7 aromatic rings. The van der Waals surface area contributed by atoms with Gasteiger partial charge in [-0.1, -0.05) is 115 Å². The van der Waals surface area contributed by atoms with E-state index < -0.39 is 5.41 Å². The molecular formula is C51H39N3O. The molecule has 5 atom stereocenters. The maximum Gasteiger partial charge on any atom is 0.163 e. The monoisotopic (exact) mass is 709 g/mol. The topological polar surface area (TPSA) is 47.9 Å². The summed E-state index contributed by atoms with van der Waals surface area (Å²) in [6.07, 6.45) is 7.90. The first-order valence-corrected chi connectivity index (χ1v) is 20.1. The summed E-state index contributed by atoms with van der Waals surface area (Å²) in [6, 6.07) is 52.5. The minimum atomic E-state index is -0.545. The molecule has 5 saturated carbocycles. The predicted octanol–water partition coefficient (Wildman–Crippen LogP) is 11.8. The largest absolute Gasteiger partial charge is 0.457 e. The number of rotatable bonds is 4. The molecule has 2 spiro atoms. The predicted molar refractivity (Wildman–Crippen MR) is 216 cm³/mol. The third kappa shape index (κ3) is 3.99. The molecule has 5 fully saturated rings. The normalized spacial score (nSPS) is 26.4. The summed E-state index contributed by atoms with van der Waals surface area (Å²) in [4.78, 5) is 16.5. The summed E-state index contributed by atoms with van der Waals surface area (Å²) in [5, 5.41) is 0.